The third kappa shape index (κ3) is 3.47. The molecule has 0 atom stereocenters. The summed E-state index contributed by atoms with van der Waals surface area (Å²) in [6.45, 7) is 6.01. The minimum Gasteiger partial charge on any atom is -0.494 e. The molecule has 1 aliphatic rings. The zero-order valence-electron chi connectivity index (χ0n) is 15.0. The number of allylic oxidation sites excluding steroid dienone is 1. The number of ether oxygens (including phenoxy) is 3. The molecule has 5 nitrogen and oxygen atoms in total. The van der Waals surface area contributed by atoms with Crippen LogP contribution in [-0.4, -0.2) is 18.4 Å². The van der Waals surface area contributed by atoms with E-state index in [2.05, 4.69) is 0 Å². The third-order valence-electron chi connectivity index (χ3n) is 4.04. The van der Waals surface area contributed by atoms with E-state index < -0.39 is 0 Å². The predicted octanol–water partition coefficient (Wildman–Crippen LogP) is 4.33. The molecule has 0 aromatic heterocycles. The second-order valence-corrected chi connectivity index (χ2v) is 5.83. The highest BCUT2D eigenvalue weighted by Crippen LogP contribution is 2.39. The fraction of sp³-hybridized carbons (Fsp3) is 0.238. The average Bonchev–Trinajstić information content (AvgIpc) is 2.96. The summed E-state index contributed by atoms with van der Waals surface area (Å²) in [7, 11) is 0. The van der Waals surface area contributed by atoms with Crippen molar-refractivity contribution in [2.45, 2.75) is 27.2 Å². The summed E-state index contributed by atoms with van der Waals surface area (Å²) in [5, 5.41) is 0. The van der Waals surface area contributed by atoms with Gasteiger partial charge in [0, 0.05) is 12.0 Å². The topological polar surface area (TPSA) is 61.8 Å². The number of fused-ring (bicyclic) bond motifs is 1. The van der Waals surface area contributed by atoms with Crippen LogP contribution < -0.4 is 14.2 Å². The van der Waals surface area contributed by atoms with E-state index in [0.717, 1.165) is 11.3 Å². The molecule has 0 fully saturated rings. The summed E-state index contributed by atoms with van der Waals surface area (Å²) >= 11 is 0. The van der Waals surface area contributed by atoms with Crippen LogP contribution >= 0.6 is 0 Å². The van der Waals surface area contributed by atoms with Crippen molar-refractivity contribution in [2.24, 2.45) is 0 Å². The van der Waals surface area contributed by atoms with Crippen LogP contribution in [0.15, 0.2) is 42.2 Å². The van der Waals surface area contributed by atoms with Crippen molar-refractivity contribution in [2.75, 3.05) is 6.61 Å². The van der Waals surface area contributed by atoms with E-state index >= 15 is 0 Å². The molecular formula is C21H20O5. The van der Waals surface area contributed by atoms with Crippen molar-refractivity contribution < 1.29 is 23.8 Å². The van der Waals surface area contributed by atoms with Crippen LogP contribution in [0.4, 0.5) is 0 Å². The molecule has 134 valence electrons. The summed E-state index contributed by atoms with van der Waals surface area (Å²) in [6, 6.07) is 10.7. The first-order valence-electron chi connectivity index (χ1n) is 8.54. The van der Waals surface area contributed by atoms with Gasteiger partial charge in [0.2, 0.25) is 5.78 Å². The number of benzene rings is 2. The van der Waals surface area contributed by atoms with Crippen molar-refractivity contribution in [3.63, 3.8) is 0 Å². The van der Waals surface area contributed by atoms with Crippen LogP contribution in [-0.2, 0) is 4.79 Å². The Labute approximate surface area is 152 Å². The van der Waals surface area contributed by atoms with Crippen molar-refractivity contribution in [3.8, 4) is 17.2 Å². The number of esters is 1. The van der Waals surface area contributed by atoms with E-state index in [-0.39, 0.29) is 23.9 Å². The van der Waals surface area contributed by atoms with Gasteiger partial charge in [0.05, 0.1) is 12.2 Å². The number of hydrogen-bond donors (Lipinski definition) is 0. The number of carbonyl (C=O) groups excluding carboxylic acids is 2. The van der Waals surface area contributed by atoms with Gasteiger partial charge in [-0.05, 0) is 49.8 Å². The van der Waals surface area contributed by atoms with E-state index in [9.17, 15) is 9.59 Å². The summed E-state index contributed by atoms with van der Waals surface area (Å²) in [4.78, 5) is 24.1. The van der Waals surface area contributed by atoms with E-state index in [1.165, 1.54) is 0 Å². The number of carbonyl (C=O) groups is 2. The Hall–Kier alpha value is -3.08. The maximum Gasteiger partial charge on any atom is 0.310 e. The van der Waals surface area contributed by atoms with E-state index in [1.54, 1.807) is 32.1 Å². The lowest BCUT2D eigenvalue weighted by molar-refractivity contribution is -0.134. The lowest BCUT2D eigenvalue weighted by Gasteiger charge is -2.09. The second-order valence-electron chi connectivity index (χ2n) is 5.83. The van der Waals surface area contributed by atoms with Gasteiger partial charge in [-0.15, -0.1) is 0 Å². The molecule has 1 heterocycles. The summed E-state index contributed by atoms with van der Waals surface area (Å²) in [5.41, 5.74) is 1.93. The largest absolute Gasteiger partial charge is 0.494 e. The number of Topliss-reactive ketones (excluding diaryl/α,β-unsaturated/α-hetero) is 1. The van der Waals surface area contributed by atoms with Gasteiger partial charge in [0.25, 0.3) is 0 Å². The molecule has 3 rings (SSSR count). The zero-order valence-corrected chi connectivity index (χ0v) is 15.0. The maximum atomic E-state index is 12.6. The molecule has 0 unspecified atom stereocenters. The molecule has 0 bridgehead atoms. The molecule has 0 N–H and O–H groups in total. The average molecular weight is 352 g/mol. The molecule has 26 heavy (non-hydrogen) atoms. The summed E-state index contributed by atoms with van der Waals surface area (Å²) in [5.74, 6) is 1.34. The molecule has 0 spiro atoms. The Morgan fingerprint density at radius 2 is 1.85 bits per heavy atom. The molecule has 2 aromatic rings. The van der Waals surface area contributed by atoms with Crippen LogP contribution in [0.25, 0.3) is 6.08 Å². The smallest absolute Gasteiger partial charge is 0.310 e. The number of hydrogen-bond acceptors (Lipinski definition) is 5. The molecule has 2 aromatic carbocycles. The first kappa shape index (κ1) is 17.7. The lowest BCUT2D eigenvalue weighted by Crippen LogP contribution is -2.06. The SMILES string of the molecule is CCOc1ccc(/C=C2\Oc3c(ccc(OC(=O)CC)c3C)C2=O)cc1. The van der Waals surface area contributed by atoms with Gasteiger partial charge in [-0.1, -0.05) is 19.1 Å². The molecule has 0 radical (unpaired) electrons. The second kappa shape index (κ2) is 7.44. The molecule has 1 aliphatic heterocycles. The Bertz CT molecular complexity index is 878. The van der Waals surface area contributed by atoms with Crippen molar-refractivity contribution >= 4 is 17.8 Å². The first-order valence-corrected chi connectivity index (χ1v) is 8.54. The zero-order chi connectivity index (χ0) is 18.7. The van der Waals surface area contributed by atoms with Crippen LogP contribution in [0.2, 0.25) is 0 Å². The van der Waals surface area contributed by atoms with Gasteiger partial charge >= 0.3 is 5.97 Å². The van der Waals surface area contributed by atoms with Gasteiger partial charge in [0.1, 0.15) is 17.2 Å². The van der Waals surface area contributed by atoms with E-state index in [1.807, 2.05) is 31.2 Å². The van der Waals surface area contributed by atoms with Gasteiger partial charge in [-0.3, -0.25) is 9.59 Å². The Balaban J connectivity index is 1.87. The first-order chi connectivity index (χ1) is 12.5. The highest BCUT2D eigenvalue weighted by molar-refractivity contribution is 6.15. The Kier molecular flexibility index (Phi) is 5.07. The minimum atomic E-state index is -0.331. The Morgan fingerprint density at radius 1 is 1.12 bits per heavy atom. The standard InChI is InChI=1S/C21H20O5/c1-4-19(22)25-17-11-10-16-20(23)18(26-21(16)13(17)3)12-14-6-8-15(9-7-14)24-5-2/h6-12H,4-5H2,1-3H3/b18-12-. The fourth-order valence-corrected chi connectivity index (χ4v) is 2.65. The van der Waals surface area contributed by atoms with Gasteiger partial charge in [-0.25, -0.2) is 0 Å². The normalized spacial score (nSPS) is 14.1. The molecule has 0 saturated heterocycles. The number of rotatable bonds is 5. The third-order valence-corrected chi connectivity index (χ3v) is 4.04. The van der Waals surface area contributed by atoms with E-state index in [0.29, 0.717) is 29.2 Å². The van der Waals surface area contributed by atoms with Gasteiger partial charge in [-0.2, -0.15) is 0 Å². The van der Waals surface area contributed by atoms with Crippen LogP contribution in [0.5, 0.6) is 17.2 Å². The summed E-state index contributed by atoms with van der Waals surface area (Å²) in [6.07, 6.45) is 1.97. The van der Waals surface area contributed by atoms with Gasteiger partial charge < -0.3 is 14.2 Å². The monoisotopic (exact) mass is 352 g/mol. The van der Waals surface area contributed by atoms with Crippen LogP contribution in [0, 0.1) is 6.92 Å². The van der Waals surface area contributed by atoms with Crippen LogP contribution in [0.1, 0.15) is 41.8 Å². The summed E-state index contributed by atoms with van der Waals surface area (Å²) < 4.78 is 16.5. The highest BCUT2D eigenvalue weighted by Gasteiger charge is 2.30. The van der Waals surface area contributed by atoms with Crippen molar-refractivity contribution in [3.05, 3.63) is 58.8 Å². The van der Waals surface area contributed by atoms with Gasteiger partial charge in [0.15, 0.2) is 5.76 Å². The minimum absolute atomic E-state index is 0.189. The maximum absolute atomic E-state index is 12.6. The van der Waals surface area contributed by atoms with E-state index in [4.69, 9.17) is 14.2 Å². The quantitative estimate of drug-likeness (QED) is 0.455. The molecule has 0 saturated carbocycles. The van der Waals surface area contributed by atoms with Crippen molar-refractivity contribution in [1.82, 2.24) is 0 Å². The fourth-order valence-electron chi connectivity index (χ4n) is 2.65. The van der Waals surface area contributed by atoms with Crippen LogP contribution in [0.3, 0.4) is 0 Å². The molecular weight excluding hydrogens is 332 g/mol. The molecule has 0 amide bonds. The molecule has 0 aliphatic carbocycles. The Morgan fingerprint density at radius 3 is 2.50 bits per heavy atom. The lowest BCUT2D eigenvalue weighted by atomic mass is 10.1. The van der Waals surface area contributed by atoms with Crippen molar-refractivity contribution in [1.29, 1.82) is 0 Å². The molecule has 5 heteroatoms. The number of ketones is 1. The predicted molar refractivity (Wildman–Crippen MR) is 97.7 cm³/mol. The highest BCUT2D eigenvalue weighted by atomic mass is 16.5.